The monoisotopic (exact) mass is 448 g/mol. The van der Waals surface area contributed by atoms with E-state index in [2.05, 4.69) is 15.7 Å². The molecule has 9 heteroatoms. The van der Waals surface area contributed by atoms with Crippen LogP contribution in [0, 0.1) is 13.8 Å². The molecule has 0 aliphatic rings. The minimum Gasteiger partial charge on any atom is -0.486 e. The summed E-state index contributed by atoms with van der Waals surface area (Å²) in [5, 5.41) is 9.54. The molecular weight excluding hydrogens is 424 g/mol. The van der Waals surface area contributed by atoms with Gasteiger partial charge in [0, 0.05) is 13.2 Å². The van der Waals surface area contributed by atoms with Crippen LogP contribution < -0.4 is 15.4 Å². The van der Waals surface area contributed by atoms with Gasteiger partial charge in [-0.25, -0.2) is 0 Å². The molecule has 3 aromatic heterocycles. The molecule has 1 aromatic carbocycles. The van der Waals surface area contributed by atoms with E-state index >= 15 is 0 Å². The van der Waals surface area contributed by atoms with Crippen LogP contribution in [0.1, 0.15) is 43.7 Å². The van der Waals surface area contributed by atoms with E-state index in [1.807, 2.05) is 32.0 Å². The Labute approximate surface area is 190 Å². The molecular formula is C24H24N4O5. The summed E-state index contributed by atoms with van der Waals surface area (Å²) in [6, 6.07) is 12.5. The van der Waals surface area contributed by atoms with E-state index in [1.54, 1.807) is 37.5 Å². The van der Waals surface area contributed by atoms with Crippen LogP contribution in [0.2, 0.25) is 0 Å². The van der Waals surface area contributed by atoms with E-state index in [1.165, 1.54) is 16.5 Å². The van der Waals surface area contributed by atoms with Gasteiger partial charge in [0.25, 0.3) is 11.8 Å². The number of hydrogen-bond donors (Lipinski definition) is 2. The van der Waals surface area contributed by atoms with Crippen LogP contribution in [-0.2, 0) is 20.2 Å². The van der Waals surface area contributed by atoms with Crippen molar-refractivity contribution in [1.82, 2.24) is 15.1 Å². The van der Waals surface area contributed by atoms with Crippen LogP contribution in [0.25, 0.3) is 0 Å². The van der Waals surface area contributed by atoms with Crippen molar-refractivity contribution < 1.29 is 23.2 Å². The summed E-state index contributed by atoms with van der Waals surface area (Å²) in [4.78, 5) is 25.2. The lowest BCUT2D eigenvalue weighted by Gasteiger charge is -2.07. The van der Waals surface area contributed by atoms with Gasteiger partial charge >= 0.3 is 0 Å². The van der Waals surface area contributed by atoms with E-state index in [9.17, 15) is 9.59 Å². The maximum Gasteiger partial charge on any atom is 0.291 e. The molecule has 2 N–H and O–H groups in total. The summed E-state index contributed by atoms with van der Waals surface area (Å²) in [5.74, 6) is 0.988. The van der Waals surface area contributed by atoms with Crippen molar-refractivity contribution in [3.05, 3.63) is 89.0 Å². The molecule has 170 valence electrons. The number of aromatic nitrogens is 2. The summed E-state index contributed by atoms with van der Waals surface area (Å²) in [6.07, 6.45) is 3.07. The average molecular weight is 448 g/mol. The third-order valence-corrected chi connectivity index (χ3v) is 5.04. The summed E-state index contributed by atoms with van der Waals surface area (Å²) >= 11 is 0. The molecule has 0 saturated carbocycles. The van der Waals surface area contributed by atoms with Crippen LogP contribution in [0.3, 0.4) is 0 Å². The van der Waals surface area contributed by atoms with E-state index < -0.39 is 11.8 Å². The maximum absolute atomic E-state index is 12.7. The van der Waals surface area contributed by atoms with Gasteiger partial charge in [-0.05, 0) is 61.4 Å². The normalized spacial score (nSPS) is 10.8. The quantitative estimate of drug-likeness (QED) is 0.422. The number of carbonyl (C=O) groups is 2. The first kappa shape index (κ1) is 21.9. The predicted molar refractivity (Wildman–Crippen MR) is 120 cm³/mol. The molecule has 0 saturated heterocycles. The van der Waals surface area contributed by atoms with Crippen molar-refractivity contribution in [2.75, 3.05) is 5.32 Å². The number of anilines is 1. The number of furan rings is 2. The lowest BCUT2D eigenvalue weighted by Crippen LogP contribution is -2.25. The molecule has 0 aliphatic heterocycles. The van der Waals surface area contributed by atoms with Gasteiger partial charge in [0.15, 0.2) is 11.5 Å². The smallest absolute Gasteiger partial charge is 0.291 e. The summed E-state index contributed by atoms with van der Waals surface area (Å²) in [6.45, 7) is 4.44. The molecule has 4 rings (SSSR count). The third kappa shape index (κ3) is 5.32. The van der Waals surface area contributed by atoms with Crippen molar-refractivity contribution in [2.24, 2.45) is 7.05 Å². The largest absolute Gasteiger partial charge is 0.486 e. The second-order valence-electron chi connectivity index (χ2n) is 7.58. The van der Waals surface area contributed by atoms with Crippen molar-refractivity contribution >= 4 is 17.5 Å². The van der Waals surface area contributed by atoms with E-state index in [0.29, 0.717) is 11.5 Å². The molecule has 3 heterocycles. The van der Waals surface area contributed by atoms with Gasteiger partial charge < -0.3 is 24.2 Å². The number of ether oxygens (including phenoxy) is 1. The molecule has 2 amide bonds. The molecule has 0 radical (unpaired) electrons. The first-order chi connectivity index (χ1) is 15.9. The SMILES string of the molecule is Cc1ccc(OCc2ccc(C(=O)Nc3cn(C)nc3C(=O)NCc3ccco3)o2)cc1C. The molecule has 0 spiro atoms. The fourth-order valence-electron chi connectivity index (χ4n) is 3.13. The number of nitrogens with zero attached hydrogens (tertiary/aromatic N) is 2. The summed E-state index contributed by atoms with van der Waals surface area (Å²) in [5.41, 5.74) is 2.67. The summed E-state index contributed by atoms with van der Waals surface area (Å²) in [7, 11) is 1.66. The Hall–Kier alpha value is -4.27. The number of carbonyl (C=O) groups excluding carboxylic acids is 2. The van der Waals surface area contributed by atoms with Gasteiger partial charge in [0.1, 0.15) is 23.9 Å². The number of nitrogens with one attached hydrogen (secondary N) is 2. The van der Waals surface area contributed by atoms with E-state index in [-0.39, 0.29) is 30.3 Å². The van der Waals surface area contributed by atoms with Gasteiger partial charge in [-0.1, -0.05) is 6.07 Å². The molecule has 0 fully saturated rings. The fourth-order valence-corrected chi connectivity index (χ4v) is 3.13. The van der Waals surface area contributed by atoms with Crippen molar-refractivity contribution in [1.29, 1.82) is 0 Å². The summed E-state index contributed by atoms with van der Waals surface area (Å²) < 4.78 is 18.0. The first-order valence-electron chi connectivity index (χ1n) is 10.3. The van der Waals surface area contributed by atoms with Gasteiger partial charge in [-0.3, -0.25) is 14.3 Å². The molecule has 0 aliphatic carbocycles. The topological polar surface area (TPSA) is 112 Å². The highest BCUT2D eigenvalue weighted by Gasteiger charge is 2.20. The molecule has 0 atom stereocenters. The second-order valence-corrected chi connectivity index (χ2v) is 7.58. The van der Waals surface area contributed by atoms with E-state index in [0.717, 1.165) is 11.3 Å². The lowest BCUT2D eigenvalue weighted by atomic mass is 10.1. The molecule has 0 unspecified atom stereocenters. The van der Waals surface area contributed by atoms with Crippen LogP contribution in [0.15, 0.2) is 63.8 Å². The predicted octanol–water partition coefficient (Wildman–Crippen LogP) is 3.98. The third-order valence-electron chi connectivity index (χ3n) is 5.04. The highest BCUT2D eigenvalue weighted by molar-refractivity contribution is 6.07. The Balaban J connectivity index is 1.38. The molecule has 4 aromatic rings. The van der Waals surface area contributed by atoms with Gasteiger partial charge in [-0.2, -0.15) is 5.10 Å². The number of rotatable bonds is 8. The Bertz CT molecular complexity index is 1270. The minimum absolute atomic E-state index is 0.0854. The van der Waals surface area contributed by atoms with E-state index in [4.69, 9.17) is 13.6 Å². The van der Waals surface area contributed by atoms with Crippen molar-refractivity contribution in [3.63, 3.8) is 0 Å². The Kier molecular flexibility index (Phi) is 6.30. The highest BCUT2D eigenvalue weighted by atomic mass is 16.5. The van der Waals surface area contributed by atoms with Crippen LogP contribution in [-0.4, -0.2) is 21.6 Å². The molecule has 33 heavy (non-hydrogen) atoms. The average Bonchev–Trinajstić information content (AvgIpc) is 3.54. The number of amides is 2. The Morgan fingerprint density at radius 2 is 1.91 bits per heavy atom. The number of hydrogen-bond acceptors (Lipinski definition) is 6. The standard InChI is InChI=1S/C24H24N4O5/c1-15-6-7-17(11-16(15)2)32-14-19-8-9-21(33-19)23(29)26-20-13-28(3)27-22(20)24(30)25-12-18-5-4-10-31-18/h4-11,13H,12,14H2,1-3H3,(H,25,30)(H,26,29). The fraction of sp³-hybridized carbons (Fsp3) is 0.208. The Morgan fingerprint density at radius 1 is 1.06 bits per heavy atom. The molecule has 0 bridgehead atoms. The minimum atomic E-state index is -0.500. The van der Waals surface area contributed by atoms with Crippen LogP contribution in [0.5, 0.6) is 5.75 Å². The second kappa shape index (κ2) is 9.47. The van der Waals surface area contributed by atoms with Crippen LogP contribution >= 0.6 is 0 Å². The van der Waals surface area contributed by atoms with Crippen LogP contribution in [0.4, 0.5) is 5.69 Å². The van der Waals surface area contributed by atoms with Crippen molar-refractivity contribution in [3.8, 4) is 5.75 Å². The van der Waals surface area contributed by atoms with Gasteiger partial charge in [0.05, 0.1) is 18.5 Å². The van der Waals surface area contributed by atoms with Crippen molar-refractivity contribution in [2.45, 2.75) is 27.0 Å². The van der Waals surface area contributed by atoms with Gasteiger partial charge in [0.2, 0.25) is 0 Å². The zero-order valence-electron chi connectivity index (χ0n) is 18.5. The zero-order valence-corrected chi connectivity index (χ0v) is 18.5. The number of benzene rings is 1. The first-order valence-corrected chi connectivity index (χ1v) is 10.3. The Morgan fingerprint density at radius 3 is 2.67 bits per heavy atom. The number of aryl methyl sites for hydroxylation is 3. The zero-order chi connectivity index (χ0) is 23.4. The molecule has 9 nitrogen and oxygen atoms in total. The highest BCUT2D eigenvalue weighted by Crippen LogP contribution is 2.20. The van der Waals surface area contributed by atoms with Gasteiger partial charge in [-0.15, -0.1) is 0 Å². The maximum atomic E-state index is 12.7. The lowest BCUT2D eigenvalue weighted by molar-refractivity contribution is 0.0943.